The molecule has 0 heterocycles. The summed E-state index contributed by atoms with van der Waals surface area (Å²) in [6.07, 6.45) is -2.29. The van der Waals surface area contributed by atoms with Gasteiger partial charge in [0.25, 0.3) is 0 Å². The van der Waals surface area contributed by atoms with Gasteiger partial charge in [0.2, 0.25) is 0 Å². The molecular formula is C32H44ClNO8. The van der Waals surface area contributed by atoms with Crippen LogP contribution in [0.1, 0.15) is 49.1 Å². The van der Waals surface area contributed by atoms with Crippen LogP contribution in [0.25, 0.3) is 10.6 Å². The van der Waals surface area contributed by atoms with Gasteiger partial charge in [-0.15, -0.1) is 0 Å². The minimum absolute atomic E-state index is 0. The third-order valence-electron chi connectivity index (χ3n) is 6.31. The molecular weight excluding hydrogens is 562 g/mol. The SMILES string of the molecule is CCN(CC)CCOc1ccc(/C(=C(\Cl)c2ccccc2)c2ccccc2)cc1.O=C(O)CC(O)(CC(=O)O)C(=O)O.[HH].[HH].[HH].[HH]. The van der Waals surface area contributed by atoms with E-state index in [0.29, 0.717) is 6.61 Å². The maximum atomic E-state index is 10.3. The van der Waals surface area contributed by atoms with Crippen LogP contribution < -0.4 is 4.74 Å². The van der Waals surface area contributed by atoms with Gasteiger partial charge in [-0.05, 0) is 41.9 Å². The summed E-state index contributed by atoms with van der Waals surface area (Å²) >= 11 is 6.87. The number of aliphatic carboxylic acids is 3. The molecule has 0 atom stereocenters. The van der Waals surface area contributed by atoms with Gasteiger partial charge < -0.3 is 30.1 Å². The van der Waals surface area contributed by atoms with Crippen LogP contribution >= 0.6 is 11.6 Å². The van der Waals surface area contributed by atoms with Crippen LogP contribution in [0.2, 0.25) is 0 Å². The van der Waals surface area contributed by atoms with Crippen molar-refractivity contribution in [3.63, 3.8) is 0 Å². The van der Waals surface area contributed by atoms with Crippen LogP contribution in [0.4, 0.5) is 0 Å². The van der Waals surface area contributed by atoms with Crippen molar-refractivity contribution in [1.29, 1.82) is 0 Å². The van der Waals surface area contributed by atoms with Gasteiger partial charge in [-0.25, -0.2) is 4.79 Å². The molecule has 3 aromatic rings. The van der Waals surface area contributed by atoms with E-state index in [9.17, 15) is 14.4 Å². The Labute approximate surface area is 256 Å². The van der Waals surface area contributed by atoms with Gasteiger partial charge >= 0.3 is 17.9 Å². The van der Waals surface area contributed by atoms with Gasteiger partial charge in [0, 0.05) is 17.8 Å². The topological polar surface area (TPSA) is 145 Å². The number of halogens is 1. The van der Waals surface area contributed by atoms with E-state index in [-0.39, 0.29) is 5.71 Å². The average Bonchev–Trinajstić information content (AvgIpc) is 2.96. The summed E-state index contributed by atoms with van der Waals surface area (Å²) in [5, 5.41) is 34.6. The Kier molecular flexibility index (Phi) is 13.7. The summed E-state index contributed by atoms with van der Waals surface area (Å²) in [5.74, 6) is -4.14. The zero-order valence-corrected chi connectivity index (χ0v) is 24.3. The summed E-state index contributed by atoms with van der Waals surface area (Å²) in [6.45, 7) is 8.05. The van der Waals surface area contributed by atoms with Gasteiger partial charge in [0.05, 0.1) is 17.9 Å². The van der Waals surface area contributed by atoms with Crippen molar-refractivity contribution in [3.8, 4) is 5.75 Å². The zero-order valence-electron chi connectivity index (χ0n) is 23.6. The highest BCUT2D eigenvalue weighted by atomic mass is 35.5. The molecule has 3 rings (SSSR count). The quantitative estimate of drug-likeness (QED) is 0.156. The molecule has 4 N–H and O–H groups in total. The number of hydrogen-bond acceptors (Lipinski definition) is 6. The Bertz CT molecular complexity index is 1330. The van der Waals surface area contributed by atoms with Crippen molar-refractivity contribution in [2.24, 2.45) is 0 Å². The number of aliphatic hydroxyl groups is 1. The van der Waals surface area contributed by atoms with Crippen LogP contribution in [0.15, 0.2) is 84.9 Å². The molecule has 0 radical (unpaired) electrons. The molecule has 0 saturated carbocycles. The number of carbonyl (C=O) groups is 3. The number of hydrogen-bond donors (Lipinski definition) is 4. The fraction of sp³-hybridized carbons (Fsp3) is 0.281. The fourth-order valence-corrected chi connectivity index (χ4v) is 4.36. The van der Waals surface area contributed by atoms with E-state index in [0.717, 1.165) is 52.7 Å². The molecule has 0 saturated heterocycles. The Hall–Kier alpha value is -4.18. The standard InChI is InChI=1S/C26H28ClNO.C6H8O7.4H2/c1-3-28(4-2)19-20-29-24-17-15-22(16-18-24)25(21-11-7-5-8-12-21)26(27)23-13-9-6-10-14-23;7-3(8)1-6(13,5(11)12)2-4(9)10;;;;/h5-18H,3-4,19-20H2,1-2H3;13H,1-2H2,(H,7,8)(H,9,10)(H,11,12);4*1H/b26-25-;;;;;. The number of ether oxygens (including phenoxy) is 1. The summed E-state index contributed by atoms with van der Waals surface area (Å²) in [7, 11) is 0. The summed E-state index contributed by atoms with van der Waals surface area (Å²) in [6, 6.07) is 28.6. The van der Waals surface area contributed by atoms with E-state index < -0.39 is 36.4 Å². The summed E-state index contributed by atoms with van der Waals surface area (Å²) in [4.78, 5) is 32.8. The molecule has 9 nitrogen and oxygen atoms in total. The van der Waals surface area contributed by atoms with Crippen LogP contribution in [0, 0.1) is 0 Å². The first kappa shape index (κ1) is 34.0. The van der Waals surface area contributed by atoms with Gasteiger partial charge in [0.15, 0.2) is 5.60 Å². The Morgan fingerprint density at radius 2 is 1.21 bits per heavy atom. The average molecular weight is 606 g/mol. The van der Waals surface area contributed by atoms with Crippen molar-refractivity contribution in [1.82, 2.24) is 4.90 Å². The Morgan fingerprint density at radius 3 is 1.64 bits per heavy atom. The lowest BCUT2D eigenvalue weighted by atomic mass is 9.95. The molecule has 0 unspecified atom stereocenters. The number of benzene rings is 3. The molecule has 0 fully saturated rings. The van der Waals surface area contributed by atoms with Crippen molar-refractivity contribution in [2.45, 2.75) is 32.3 Å². The van der Waals surface area contributed by atoms with E-state index in [4.69, 9.17) is 36.8 Å². The first-order valence-corrected chi connectivity index (χ1v) is 13.7. The molecule has 232 valence electrons. The van der Waals surface area contributed by atoms with E-state index in [1.165, 1.54) is 0 Å². The second-order valence-corrected chi connectivity index (χ2v) is 9.68. The predicted octanol–water partition coefficient (Wildman–Crippen LogP) is 6.30. The van der Waals surface area contributed by atoms with Gasteiger partial charge in [0.1, 0.15) is 12.4 Å². The van der Waals surface area contributed by atoms with E-state index in [1.54, 1.807) is 0 Å². The van der Waals surface area contributed by atoms with Crippen LogP contribution in [0.5, 0.6) is 5.75 Å². The highest BCUT2D eigenvalue weighted by Gasteiger charge is 2.40. The molecule has 0 bridgehead atoms. The molecule has 3 aromatic carbocycles. The van der Waals surface area contributed by atoms with Gasteiger partial charge in [-0.2, -0.15) is 0 Å². The lowest BCUT2D eigenvalue weighted by Gasteiger charge is -2.18. The lowest BCUT2D eigenvalue weighted by Crippen LogP contribution is -2.42. The molecule has 10 heteroatoms. The molecule has 0 spiro atoms. The van der Waals surface area contributed by atoms with Crippen LogP contribution in [-0.4, -0.2) is 75.1 Å². The number of rotatable bonds is 14. The van der Waals surface area contributed by atoms with Gasteiger partial charge in [-0.3, -0.25) is 9.59 Å². The van der Waals surface area contributed by atoms with Crippen molar-refractivity contribution < 1.29 is 45.3 Å². The van der Waals surface area contributed by atoms with Crippen molar-refractivity contribution in [2.75, 3.05) is 26.2 Å². The highest BCUT2D eigenvalue weighted by molar-refractivity contribution is 6.53. The second kappa shape index (κ2) is 16.9. The fourth-order valence-electron chi connectivity index (χ4n) is 4.02. The molecule has 0 aliphatic rings. The van der Waals surface area contributed by atoms with E-state index >= 15 is 0 Å². The number of nitrogens with zero attached hydrogens (tertiary/aromatic N) is 1. The van der Waals surface area contributed by atoms with Crippen LogP contribution in [0.3, 0.4) is 0 Å². The molecule has 0 aliphatic heterocycles. The third-order valence-corrected chi connectivity index (χ3v) is 6.72. The van der Waals surface area contributed by atoms with Crippen molar-refractivity contribution >= 4 is 40.1 Å². The number of carboxylic acid groups (broad SMARTS) is 3. The molecule has 42 heavy (non-hydrogen) atoms. The minimum Gasteiger partial charge on any atom is -0.492 e. The van der Waals surface area contributed by atoms with E-state index in [2.05, 4.69) is 43.0 Å². The number of carboxylic acids is 3. The second-order valence-electron chi connectivity index (χ2n) is 9.30. The maximum absolute atomic E-state index is 10.3. The molecule has 0 aromatic heterocycles. The first-order chi connectivity index (χ1) is 20.0. The Morgan fingerprint density at radius 1 is 0.762 bits per heavy atom. The smallest absolute Gasteiger partial charge is 0.336 e. The molecule has 0 aliphatic carbocycles. The lowest BCUT2D eigenvalue weighted by molar-refractivity contribution is -0.170. The monoisotopic (exact) mass is 605 g/mol. The first-order valence-electron chi connectivity index (χ1n) is 13.4. The maximum Gasteiger partial charge on any atom is 0.336 e. The number of likely N-dealkylation sites (N-methyl/N-ethyl adjacent to an activating group) is 1. The van der Waals surface area contributed by atoms with Crippen LogP contribution in [-0.2, 0) is 14.4 Å². The van der Waals surface area contributed by atoms with E-state index in [1.807, 2.05) is 60.7 Å². The summed E-state index contributed by atoms with van der Waals surface area (Å²) in [5.41, 5.74) is 1.45. The highest BCUT2D eigenvalue weighted by Crippen LogP contribution is 2.35. The Balaban J connectivity index is -0.000000940. The normalized spacial score (nSPS) is 11.6. The van der Waals surface area contributed by atoms with Gasteiger partial charge in [-0.1, -0.05) is 98.2 Å². The minimum atomic E-state index is -2.74. The molecule has 0 amide bonds. The largest absolute Gasteiger partial charge is 0.492 e. The third kappa shape index (κ3) is 10.7. The summed E-state index contributed by atoms with van der Waals surface area (Å²) < 4.78 is 5.94. The van der Waals surface area contributed by atoms with Crippen molar-refractivity contribution in [3.05, 3.63) is 102 Å². The predicted molar refractivity (Wildman–Crippen MR) is 170 cm³/mol. The zero-order chi connectivity index (χ0) is 31.1.